The first kappa shape index (κ1) is 12.4. The van der Waals surface area contributed by atoms with Gasteiger partial charge < -0.3 is 10.6 Å². The molecule has 0 saturated carbocycles. The van der Waals surface area contributed by atoms with Gasteiger partial charge in [-0.2, -0.15) is 5.26 Å². The molecule has 0 unspecified atom stereocenters. The highest BCUT2D eigenvalue weighted by Gasteiger charge is 2.12. The molecule has 1 aliphatic rings. The van der Waals surface area contributed by atoms with E-state index in [0.29, 0.717) is 5.56 Å². The second kappa shape index (κ2) is 6.04. The third-order valence-corrected chi connectivity index (χ3v) is 3.54. The standard InChI is InChI=1S/C13H16BrN3/c14-12-5-11(8-15)6-13(7-12)17-9-10-1-3-16-4-2-10/h5-7,10,16-17H,1-4,9H2. The van der Waals surface area contributed by atoms with Gasteiger partial charge in [-0.3, -0.25) is 0 Å². The second-order valence-corrected chi connectivity index (χ2v) is 5.33. The van der Waals surface area contributed by atoms with Crippen molar-refractivity contribution in [3.63, 3.8) is 0 Å². The smallest absolute Gasteiger partial charge is 0.0992 e. The molecular formula is C13H16BrN3. The number of nitrogens with zero attached hydrogens (tertiary/aromatic N) is 1. The van der Waals surface area contributed by atoms with Crippen LogP contribution in [-0.2, 0) is 0 Å². The summed E-state index contributed by atoms with van der Waals surface area (Å²) in [6.45, 7) is 3.23. The molecular weight excluding hydrogens is 278 g/mol. The van der Waals surface area contributed by atoms with E-state index in [1.807, 2.05) is 18.2 Å². The zero-order valence-corrected chi connectivity index (χ0v) is 11.3. The Hall–Kier alpha value is -1.05. The topological polar surface area (TPSA) is 47.9 Å². The van der Waals surface area contributed by atoms with Crippen molar-refractivity contribution in [1.29, 1.82) is 5.26 Å². The Morgan fingerprint density at radius 1 is 1.35 bits per heavy atom. The lowest BCUT2D eigenvalue weighted by molar-refractivity contribution is 0.390. The SMILES string of the molecule is N#Cc1cc(Br)cc(NCC2CCNCC2)c1. The monoisotopic (exact) mass is 293 g/mol. The van der Waals surface area contributed by atoms with Crippen LogP contribution in [0.4, 0.5) is 5.69 Å². The van der Waals surface area contributed by atoms with E-state index in [1.165, 1.54) is 12.8 Å². The maximum atomic E-state index is 8.90. The number of piperidine rings is 1. The van der Waals surface area contributed by atoms with Crippen molar-refractivity contribution < 1.29 is 0 Å². The molecule has 90 valence electrons. The third kappa shape index (κ3) is 3.72. The van der Waals surface area contributed by atoms with E-state index in [-0.39, 0.29) is 0 Å². The highest BCUT2D eigenvalue weighted by Crippen LogP contribution is 2.20. The summed E-state index contributed by atoms with van der Waals surface area (Å²) < 4.78 is 0.948. The van der Waals surface area contributed by atoms with Gasteiger partial charge in [0, 0.05) is 16.7 Å². The molecule has 3 nitrogen and oxygen atoms in total. The zero-order valence-electron chi connectivity index (χ0n) is 9.67. The quantitative estimate of drug-likeness (QED) is 0.901. The number of rotatable bonds is 3. The minimum Gasteiger partial charge on any atom is -0.385 e. The van der Waals surface area contributed by atoms with Crippen LogP contribution in [0.25, 0.3) is 0 Å². The van der Waals surface area contributed by atoms with Crippen LogP contribution >= 0.6 is 15.9 Å². The van der Waals surface area contributed by atoms with Gasteiger partial charge in [0.2, 0.25) is 0 Å². The van der Waals surface area contributed by atoms with Crippen LogP contribution in [0.5, 0.6) is 0 Å². The van der Waals surface area contributed by atoms with Crippen LogP contribution in [0.15, 0.2) is 22.7 Å². The fourth-order valence-electron chi connectivity index (χ4n) is 2.10. The minimum atomic E-state index is 0.687. The van der Waals surface area contributed by atoms with E-state index in [2.05, 4.69) is 32.6 Å². The van der Waals surface area contributed by atoms with Gasteiger partial charge in [-0.1, -0.05) is 15.9 Å². The molecule has 1 fully saturated rings. The lowest BCUT2D eigenvalue weighted by Gasteiger charge is -2.23. The molecule has 0 aliphatic carbocycles. The summed E-state index contributed by atoms with van der Waals surface area (Å²) in [5.74, 6) is 0.737. The van der Waals surface area contributed by atoms with Crippen LogP contribution in [-0.4, -0.2) is 19.6 Å². The first-order chi connectivity index (χ1) is 8.28. The average molecular weight is 294 g/mol. The number of nitrogens with one attached hydrogen (secondary N) is 2. The van der Waals surface area contributed by atoms with Crippen molar-refractivity contribution >= 4 is 21.6 Å². The number of halogens is 1. The molecule has 1 aromatic carbocycles. The molecule has 0 bridgehead atoms. The van der Waals surface area contributed by atoms with Crippen LogP contribution in [0, 0.1) is 17.2 Å². The molecule has 0 atom stereocenters. The molecule has 0 aromatic heterocycles. The van der Waals surface area contributed by atoms with Gasteiger partial charge in [-0.05, 0) is 50.0 Å². The lowest BCUT2D eigenvalue weighted by Crippen LogP contribution is -2.31. The number of benzene rings is 1. The van der Waals surface area contributed by atoms with E-state index in [4.69, 9.17) is 5.26 Å². The van der Waals surface area contributed by atoms with Crippen molar-refractivity contribution in [2.45, 2.75) is 12.8 Å². The van der Waals surface area contributed by atoms with Crippen molar-refractivity contribution in [2.75, 3.05) is 25.0 Å². The van der Waals surface area contributed by atoms with E-state index in [9.17, 15) is 0 Å². The minimum absolute atomic E-state index is 0.687. The van der Waals surface area contributed by atoms with Crippen molar-refractivity contribution in [3.8, 4) is 6.07 Å². The van der Waals surface area contributed by atoms with E-state index < -0.39 is 0 Å². The van der Waals surface area contributed by atoms with Gasteiger partial charge in [0.1, 0.15) is 0 Å². The maximum Gasteiger partial charge on any atom is 0.0992 e. The summed E-state index contributed by atoms with van der Waals surface area (Å²) in [5, 5.41) is 15.7. The summed E-state index contributed by atoms with van der Waals surface area (Å²) in [6, 6.07) is 7.91. The summed E-state index contributed by atoms with van der Waals surface area (Å²) in [4.78, 5) is 0. The third-order valence-electron chi connectivity index (χ3n) is 3.08. The summed E-state index contributed by atoms with van der Waals surface area (Å²) in [7, 11) is 0. The van der Waals surface area contributed by atoms with Crippen LogP contribution in [0.2, 0.25) is 0 Å². The summed E-state index contributed by atoms with van der Waals surface area (Å²) >= 11 is 3.42. The molecule has 0 spiro atoms. The predicted molar refractivity (Wildman–Crippen MR) is 72.9 cm³/mol. The Kier molecular flexibility index (Phi) is 4.41. The normalized spacial score (nSPS) is 16.5. The number of hydrogen-bond acceptors (Lipinski definition) is 3. The van der Waals surface area contributed by atoms with Gasteiger partial charge in [-0.15, -0.1) is 0 Å². The van der Waals surface area contributed by atoms with Gasteiger partial charge in [0.15, 0.2) is 0 Å². The summed E-state index contributed by atoms with van der Waals surface area (Å²) in [6.07, 6.45) is 2.46. The molecule has 1 saturated heterocycles. The van der Waals surface area contributed by atoms with E-state index in [1.54, 1.807) is 0 Å². The van der Waals surface area contributed by atoms with Crippen LogP contribution in [0.1, 0.15) is 18.4 Å². The molecule has 1 aliphatic heterocycles. The highest BCUT2D eigenvalue weighted by molar-refractivity contribution is 9.10. The first-order valence-corrected chi connectivity index (χ1v) is 6.72. The summed E-state index contributed by atoms with van der Waals surface area (Å²) in [5.41, 5.74) is 1.71. The van der Waals surface area contributed by atoms with Gasteiger partial charge in [-0.25, -0.2) is 0 Å². The molecule has 0 amide bonds. The fourth-order valence-corrected chi connectivity index (χ4v) is 2.60. The molecule has 1 aromatic rings. The zero-order chi connectivity index (χ0) is 12.1. The average Bonchev–Trinajstić information content (AvgIpc) is 2.37. The number of anilines is 1. The van der Waals surface area contributed by atoms with Crippen LogP contribution < -0.4 is 10.6 Å². The van der Waals surface area contributed by atoms with E-state index >= 15 is 0 Å². The Morgan fingerprint density at radius 3 is 2.82 bits per heavy atom. The molecule has 4 heteroatoms. The lowest BCUT2D eigenvalue weighted by atomic mass is 9.98. The molecule has 2 N–H and O–H groups in total. The number of nitriles is 1. The molecule has 0 radical (unpaired) electrons. The maximum absolute atomic E-state index is 8.90. The van der Waals surface area contributed by atoms with Crippen molar-refractivity contribution in [3.05, 3.63) is 28.2 Å². The molecule has 17 heavy (non-hydrogen) atoms. The van der Waals surface area contributed by atoms with Crippen molar-refractivity contribution in [2.24, 2.45) is 5.92 Å². The molecule has 2 rings (SSSR count). The fraction of sp³-hybridized carbons (Fsp3) is 0.462. The number of hydrogen-bond donors (Lipinski definition) is 2. The Balaban J connectivity index is 1.94. The Morgan fingerprint density at radius 2 is 2.12 bits per heavy atom. The van der Waals surface area contributed by atoms with Gasteiger partial charge in [0.05, 0.1) is 11.6 Å². The predicted octanol–water partition coefficient (Wildman–Crippen LogP) is 2.73. The largest absolute Gasteiger partial charge is 0.385 e. The first-order valence-electron chi connectivity index (χ1n) is 5.93. The Labute approximate surface area is 110 Å². The van der Waals surface area contributed by atoms with Gasteiger partial charge in [0.25, 0.3) is 0 Å². The van der Waals surface area contributed by atoms with Crippen molar-refractivity contribution in [1.82, 2.24) is 5.32 Å². The van der Waals surface area contributed by atoms with E-state index in [0.717, 1.165) is 35.7 Å². The highest BCUT2D eigenvalue weighted by atomic mass is 79.9. The van der Waals surface area contributed by atoms with Gasteiger partial charge >= 0.3 is 0 Å². The second-order valence-electron chi connectivity index (χ2n) is 4.41. The molecule has 1 heterocycles. The van der Waals surface area contributed by atoms with Crippen LogP contribution in [0.3, 0.4) is 0 Å². The Bertz CT molecular complexity index is 419.